The van der Waals surface area contributed by atoms with Crippen LogP contribution in [0.2, 0.25) is 5.02 Å². The van der Waals surface area contributed by atoms with Crippen LogP contribution in [-0.4, -0.2) is 24.7 Å². The van der Waals surface area contributed by atoms with Crippen LogP contribution in [0.3, 0.4) is 0 Å². The van der Waals surface area contributed by atoms with E-state index in [1.54, 1.807) is 0 Å². The van der Waals surface area contributed by atoms with E-state index in [0.29, 0.717) is 11.1 Å². The molecule has 1 aromatic rings. The highest BCUT2D eigenvalue weighted by atomic mass is 79.9. The van der Waals surface area contributed by atoms with Gasteiger partial charge in [0.15, 0.2) is 0 Å². The Hall–Kier alpha value is -0.320. The molecule has 0 amide bonds. The molecule has 1 aliphatic heterocycles. The third-order valence-electron chi connectivity index (χ3n) is 4.93. The molecule has 1 atom stereocenters. The molecule has 3 rings (SSSR count). The fourth-order valence-corrected chi connectivity index (χ4v) is 4.87. The lowest BCUT2D eigenvalue weighted by Crippen LogP contribution is -2.63. The van der Waals surface area contributed by atoms with E-state index in [9.17, 15) is 4.39 Å². The number of benzene rings is 1. The van der Waals surface area contributed by atoms with E-state index in [-0.39, 0.29) is 11.4 Å². The Morgan fingerprint density at radius 2 is 2.14 bits per heavy atom. The van der Waals surface area contributed by atoms with Crippen molar-refractivity contribution in [2.45, 2.75) is 50.6 Å². The highest BCUT2D eigenvalue weighted by molar-refractivity contribution is 9.10. The van der Waals surface area contributed by atoms with Crippen molar-refractivity contribution in [2.24, 2.45) is 0 Å². The molecule has 1 spiro atoms. The molecule has 1 saturated heterocycles. The number of halogens is 3. The summed E-state index contributed by atoms with van der Waals surface area (Å²) in [6.07, 6.45) is 6.06. The summed E-state index contributed by atoms with van der Waals surface area (Å²) >= 11 is 9.85. The van der Waals surface area contributed by atoms with E-state index in [4.69, 9.17) is 11.6 Å². The summed E-state index contributed by atoms with van der Waals surface area (Å²) in [4.78, 5) is 2.38. The van der Waals surface area contributed by atoms with Crippen LogP contribution in [0, 0.1) is 5.82 Å². The number of piperazine rings is 1. The molecule has 1 N–H and O–H groups in total. The quantitative estimate of drug-likeness (QED) is 0.803. The topological polar surface area (TPSA) is 15.3 Å². The summed E-state index contributed by atoms with van der Waals surface area (Å²) in [5, 5.41) is 4.27. The first-order valence-corrected chi connectivity index (χ1v) is 8.88. The molecule has 1 aliphatic carbocycles. The van der Waals surface area contributed by atoms with Crippen LogP contribution in [0.5, 0.6) is 0 Å². The standard InChI is InChI=1S/C16H21BrClFN2/c1-2-12-9-20-16(5-3-4-6-16)10-21(12)15-13(17)7-11(19)8-14(15)18/h7-8,12,20H,2-6,9-10H2,1H3. The summed E-state index contributed by atoms with van der Waals surface area (Å²) in [7, 11) is 0. The van der Waals surface area contributed by atoms with Gasteiger partial charge in [-0.15, -0.1) is 0 Å². The minimum atomic E-state index is -0.297. The van der Waals surface area contributed by atoms with E-state index in [1.165, 1.54) is 37.8 Å². The fourth-order valence-electron chi connectivity index (χ4n) is 3.78. The van der Waals surface area contributed by atoms with Gasteiger partial charge in [0.1, 0.15) is 5.82 Å². The van der Waals surface area contributed by atoms with Gasteiger partial charge in [-0.3, -0.25) is 0 Å². The van der Waals surface area contributed by atoms with Gasteiger partial charge in [0.05, 0.1) is 10.7 Å². The number of rotatable bonds is 2. The normalized spacial score (nSPS) is 24.8. The van der Waals surface area contributed by atoms with Crippen molar-refractivity contribution in [3.63, 3.8) is 0 Å². The van der Waals surface area contributed by atoms with Gasteiger partial charge in [0.2, 0.25) is 0 Å². The molecule has 0 aromatic heterocycles. The first-order chi connectivity index (χ1) is 10.0. The fraction of sp³-hybridized carbons (Fsp3) is 0.625. The molecule has 2 fully saturated rings. The summed E-state index contributed by atoms with van der Waals surface area (Å²) in [6, 6.07) is 3.32. The second-order valence-corrected chi connectivity index (χ2v) is 7.54. The van der Waals surface area contributed by atoms with Gasteiger partial charge in [-0.2, -0.15) is 0 Å². The largest absolute Gasteiger partial charge is 0.363 e. The molecule has 2 nitrogen and oxygen atoms in total. The zero-order valence-electron chi connectivity index (χ0n) is 12.3. The number of nitrogens with zero attached hydrogens (tertiary/aromatic N) is 1. The Balaban J connectivity index is 1.97. The van der Waals surface area contributed by atoms with E-state index >= 15 is 0 Å². The maximum Gasteiger partial charge on any atom is 0.125 e. The Morgan fingerprint density at radius 1 is 1.43 bits per heavy atom. The van der Waals surface area contributed by atoms with E-state index in [0.717, 1.165) is 29.7 Å². The van der Waals surface area contributed by atoms with Gasteiger partial charge in [-0.25, -0.2) is 4.39 Å². The van der Waals surface area contributed by atoms with Crippen LogP contribution in [0.4, 0.5) is 10.1 Å². The SMILES string of the molecule is CCC1CNC2(CCCC2)CN1c1c(Cl)cc(F)cc1Br. The average molecular weight is 376 g/mol. The van der Waals surface area contributed by atoms with Crippen molar-refractivity contribution < 1.29 is 4.39 Å². The predicted molar refractivity (Wildman–Crippen MR) is 89.7 cm³/mol. The van der Waals surface area contributed by atoms with Crippen molar-refractivity contribution in [1.82, 2.24) is 5.32 Å². The number of hydrogen-bond acceptors (Lipinski definition) is 2. The zero-order valence-corrected chi connectivity index (χ0v) is 14.6. The van der Waals surface area contributed by atoms with Gasteiger partial charge in [0.25, 0.3) is 0 Å². The molecule has 1 saturated carbocycles. The van der Waals surface area contributed by atoms with Gasteiger partial charge >= 0.3 is 0 Å². The maximum absolute atomic E-state index is 13.5. The zero-order chi connectivity index (χ0) is 15.0. The molecular weight excluding hydrogens is 355 g/mol. The van der Waals surface area contributed by atoms with Gasteiger partial charge in [-0.05, 0) is 47.3 Å². The van der Waals surface area contributed by atoms with Crippen molar-refractivity contribution in [3.8, 4) is 0 Å². The average Bonchev–Trinajstić information content (AvgIpc) is 2.86. The molecule has 1 unspecified atom stereocenters. The van der Waals surface area contributed by atoms with Gasteiger partial charge in [0, 0.05) is 29.1 Å². The number of nitrogens with one attached hydrogen (secondary N) is 1. The Kier molecular flexibility index (Phi) is 4.49. The first kappa shape index (κ1) is 15.6. The van der Waals surface area contributed by atoms with Crippen LogP contribution in [-0.2, 0) is 0 Å². The van der Waals surface area contributed by atoms with Crippen LogP contribution < -0.4 is 10.2 Å². The Bertz CT molecular complexity index is 508. The molecule has 5 heteroatoms. The molecule has 1 heterocycles. The molecule has 21 heavy (non-hydrogen) atoms. The van der Waals surface area contributed by atoms with Gasteiger partial charge in [-0.1, -0.05) is 31.4 Å². The summed E-state index contributed by atoms with van der Waals surface area (Å²) in [6.45, 7) is 4.11. The molecule has 1 aromatic carbocycles. The molecular formula is C16H21BrClFN2. The second-order valence-electron chi connectivity index (χ2n) is 6.28. The minimum absolute atomic E-state index is 0.211. The highest BCUT2D eigenvalue weighted by Crippen LogP contribution is 2.41. The lowest BCUT2D eigenvalue weighted by molar-refractivity contribution is 0.267. The third-order valence-corrected chi connectivity index (χ3v) is 5.82. The smallest absolute Gasteiger partial charge is 0.125 e. The number of anilines is 1. The molecule has 0 radical (unpaired) electrons. The minimum Gasteiger partial charge on any atom is -0.363 e. The maximum atomic E-state index is 13.5. The van der Waals surface area contributed by atoms with Crippen molar-refractivity contribution in [2.75, 3.05) is 18.0 Å². The lowest BCUT2D eigenvalue weighted by atomic mass is 9.91. The second kappa shape index (κ2) is 6.05. The molecule has 0 bridgehead atoms. The van der Waals surface area contributed by atoms with Crippen LogP contribution >= 0.6 is 27.5 Å². The molecule has 2 aliphatic rings. The van der Waals surface area contributed by atoms with Crippen LogP contribution in [0.1, 0.15) is 39.0 Å². The van der Waals surface area contributed by atoms with Crippen molar-refractivity contribution >= 4 is 33.2 Å². The van der Waals surface area contributed by atoms with Gasteiger partial charge < -0.3 is 10.2 Å². The van der Waals surface area contributed by atoms with Crippen LogP contribution in [0.15, 0.2) is 16.6 Å². The van der Waals surface area contributed by atoms with Crippen molar-refractivity contribution in [3.05, 3.63) is 27.4 Å². The third kappa shape index (κ3) is 2.95. The first-order valence-electron chi connectivity index (χ1n) is 7.71. The monoisotopic (exact) mass is 374 g/mol. The Morgan fingerprint density at radius 3 is 2.76 bits per heavy atom. The predicted octanol–water partition coefficient (Wildman–Crippen LogP) is 4.74. The molecule has 116 valence electrons. The Labute approximate surface area is 139 Å². The summed E-state index contributed by atoms with van der Waals surface area (Å²) in [5.41, 5.74) is 1.15. The summed E-state index contributed by atoms with van der Waals surface area (Å²) in [5.74, 6) is -0.297. The van der Waals surface area contributed by atoms with E-state index in [1.807, 2.05) is 0 Å². The number of hydrogen-bond donors (Lipinski definition) is 1. The van der Waals surface area contributed by atoms with E-state index < -0.39 is 0 Å². The van der Waals surface area contributed by atoms with Crippen molar-refractivity contribution in [1.29, 1.82) is 0 Å². The lowest BCUT2D eigenvalue weighted by Gasteiger charge is -2.48. The van der Waals surface area contributed by atoms with Crippen LogP contribution in [0.25, 0.3) is 0 Å². The highest BCUT2D eigenvalue weighted by Gasteiger charge is 2.41. The summed E-state index contributed by atoms with van der Waals surface area (Å²) < 4.78 is 14.3. The van der Waals surface area contributed by atoms with E-state index in [2.05, 4.69) is 33.1 Å².